The quantitative estimate of drug-likeness (QED) is 0.746. The average Bonchev–Trinajstić information content (AvgIpc) is 2.33. The van der Waals surface area contributed by atoms with Gasteiger partial charge in [-0.1, -0.05) is 44.2 Å². The van der Waals surface area contributed by atoms with Crippen LogP contribution in [0, 0.1) is 0 Å². The molecule has 2 atom stereocenters. The van der Waals surface area contributed by atoms with Crippen molar-refractivity contribution in [3.05, 3.63) is 35.9 Å². The van der Waals surface area contributed by atoms with Crippen molar-refractivity contribution in [3.63, 3.8) is 0 Å². The maximum atomic E-state index is 13.1. The van der Waals surface area contributed by atoms with E-state index in [2.05, 4.69) is 17.4 Å². The molecule has 1 N–H and O–H groups in total. The Labute approximate surface area is 91.7 Å². The monoisotopic (exact) mass is 209 g/mol. The van der Waals surface area contributed by atoms with Crippen LogP contribution in [-0.4, -0.2) is 12.7 Å². The van der Waals surface area contributed by atoms with E-state index in [1.807, 2.05) is 32.0 Å². The average molecular weight is 209 g/mol. The van der Waals surface area contributed by atoms with Crippen LogP contribution in [-0.2, 0) is 0 Å². The van der Waals surface area contributed by atoms with E-state index in [1.54, 1.807) is 0 Å². The first-order valence-electron chi connectivity index (χ1n) is 5.78. The zero-order valence-corrected chi connectivity index (χ0v) is 9.54. The molecular formula is C13H20FN. The summed E-state index contributed by atoms with van der Waals surface area (Å²) in [5, 5.41) is 3.33. The van der Waals surface area contributed by atoms with Gasteiger partial charge in [-0.3, -0.25) is 0 Å². The first kappa shape index (κ1) is 12.2. The molecule has 0 spiro atoms. The Morgan fingerprint density at radius 1 is 1.20 bits per heavy atom. The Morgan fingerprint density at radius 3 is 2.47 bits per heavy atom. The summed E-state index contributed by atoms with van der Waals surface area (Å²) in [4.78, 5) is 0. The highest BCUT2D eigenvalue weighted by molar-refractivity contribution is 5.19. The number of rotatable bonds is 1. The Hall–Kier alpha value is -0.890. The van der Waals surface area contributed by atoms with E-state index in [-0.39, 0.29) is 6.04 Å². The molecule has 2 rings (SSSR count). The number of hydrogen-bond donors (Lipinski definition) is 1. The molecule has 1 heterocycles. The van der Waals surface area contributed by atoms with Crippen molar-refractivity contribution in [1.29, 1.82) is 0 Å². The predicted octanol–water partition coefficient (Wildman–Crippen LogP) is 3.48. The molecule has 1 aromatic rings. The van der Waals surface area contributed by atoms with Crippen molar-refractivity contribution in [3.8, 4) is 0 Å². The Bertz CT molecular complexity index is 260. The number of hydrogen-bond acceptors (Lipinski definition) is 1. The van der Waals surface area contributed by atoms with E-state index >= 15 is 0 Å². The fraction of sp³-hybridized carbons (Fsp3) is 0.538. The van der Waals surface area contributed by atoms with E-state index in [1.165, 1.54) is 5.56 Å². The van der Waals surface area contributed by atoms with Crippen LogP contribution in [0.2, 0.25) is 0 Å². The second-order valence-electron chi connectivity index (χ2n) is 3.54. The third-order valence-electron chi connectivity index (χ3n) is 2.54. The van der Waals surface area contributed by atoms with E-state index in [0.717, 1.165) is 6.54 Å². The molecule has 1 nitrogen and oxygen atoms in total. The fourth-order valence-corrected chi connectivity index (χ4v) is 1.81. The minimum Gasteiger partial charge on any atom is -0.310 e. The number of piperidine rings is 1. The molecule has 15 heavy (non-hydrogen) atoms. The van der Waals surface area contributed by atoms with E-state index in [9.17, 15) is 4.39 Å². The van der Waals surface area contributed by atoms with Gasteiger partial charge in [0.25, 0.3) is 0 Å². The first-order chi connectivity index (χ1) is 7.36. The molecule has 0 bridgehead atoms. The summed E-state index contributed by atoms with van der Waals surface area (Å²) >= 11 is 0. The maximum absolute atomic E-state index is 13.1. The van der Waals surface area contributed by atoms with Crippen LogP contribution in [0.5, 0.6) is 0 Å². The van der Waals surface area contributed by atoms with Crippen LogP contribution in [0.4, 0.5) is 4.39 Å². The molecule has 2 heteroatoms. The molecule has 1 aliphatic rings. The van der Waals surface area contributed by atoms with Crippen molar-refractivity contribution in [2.24, 2.45) is 0 Å². The lowest BCUT2D eigenvalue weighted by Gasteiger charge is -2.26. The summed E-state index contributed by atoms with van der Waals surface area (Å²) in [6, 6.07) is 10.3. The third kappa shape index (κ3) is 3.63. The van der Waals surface area contributed by atoms with Crippen LogP contribution in [0.25, 0.3) is 0 Å². The molecule has 1 saturated heterocycles. The van der Waals surface area contributed by atoms with Gasteiger partial charge >= 0.3 is 0 Å². The van der Waals surface area contributed by atoms with Crippen LogP contribution >= 0.6 is 0 Å². The molecule has 0 aliphatic carbocycles. The van der Waals surface area contributed by atoms with Gasteiger partial charge in [0.2, 0.25) is 0 Å². The molecule has 0 saturated carbocycles. The van der Waals surface area contributed by atoms with Gasteiger partial charge in [0.15, 0.2) is 0 Å². The Balaban J connectivity index is 0.000000531. The summed E-state index contributed by atoms with van der Waals surface area (Å²) in [5.41, 5.74) is 1.20. The fourth-order valence-electron chi connectivity index (χ4n) is 1.81. The lowest BCUT2D eigenvalue weighted by molar-refractivity contribution is 0.224. The minimum atomic E-state index is -0.633. The maximum Gasteiger partial charge on any atom is 0.103 e. The summed E-state index contributed by atoms with van der Waals surface area (Å²) in [6.07, 6.45) is 0.638. The molecule has 1 aliphatic heterocycles. The van der Waals surface area contributed by atoms with Gasteiger partial charge in [-0.2, -0.15) is 0 Å². The smallest absolute Gasteiger partial charge is 0.103 e. The van der Waals surface area contributed by atoms with E-state index < -0.39 is 6.17 Å². The molecule has 84 valence electrons. The lowest BCUT2D eigenvalue weighted by Crippen LogP contribution is -2.32. The predicted molar refractivity (Wildman–Crippen MR) is 62.7 cm³/mol. The number of nitrogens with one attached hydrogen (secondary N) is 1. The van der Waals surface area contributed by atoms with Gasteiger partial charge in [-0.05, 0) is 24.9 Å². The number of benzene rings is 1. The molecule has 1 fully saturated rings. The molecular weight excluding hydrogens is 189 g/mol. The van der Waals surface area contributed by atoms with E-state index in [4.69, 9.17) is 0 Å². The van der Waals surface area contributed by atoms with Gasteiger partial charge in [-0.15, -0.1) is 0 Å². The van der Waals surface area contributed by atoms with E-state index in [0.29, 0.717) is 12.8 Å². The van der Waals surface area contributed by atoms with Crippen molar-refractivity contribution >= 4 is 0 Å². The van der Waals surface area contributed by atoms with Crippen LogP contribution in [0.1, 0.15) is 38.3 Å². The first-order valence-corrected chi connectivity index (χ1v) is 5.78. The highest BCUT2D eigenvalue weighted by Gasteiger charge is 2.21. The topological polar surface area (TPSA) is 12.0 Å². The SMILES string of the molecule is CC.FC1CCNC(c2ccccc2)C1. The van der Waals surface area contributed by atoms with Crippen molar-refractivity contribution in [2.75, 3.05) is 6.54 Å². The summed E-state index contributed by atoms with van der Waals surface area (Å²) in [5.74, 6) is 0. The normalized spacial score (nSPS) is 25.3. The van der Waals surface area contributed by atoms with Crippen molar-refractivity contribution in [2.45, 2.75) is 38.9 Å². The van der Waals surface area contributed by atoms with Gasteiger partial charge in [0.05, 0.1) is 0 Å². The molecule has 2 unspecified atom stereocenters. The van der Waals surface area contributed by atoms with Gasteiger partial charge in [-0.25, -0.2) is 4.39 Å². The lowest BCUT2D eigenvalue weighted by atomic mass is 9.96. The molecule has 0 amide bonds. The van der Waals surface area contributed by atoms with Crippen molar-refractivity contribution < 1.29 is 4.39 Å². The zero-order chi connectivity index (χ0) is 11.1. The number of halogens is 1. The number of alkyl halides is 1. The Kier molecular flexibility index (Phi) is 5.33. The van der Waals surface area contributed by atoms with Crippen molar-refractivity contribution in [1.82, 2.24) is 5.32 Å². The standard InChI is InChI=1S/C11H14FN.C2H6/c12-10-6-7-13-11(8-10)9-4-2-1-3-5-9;1-2/h1-5,10-11,13H,6-8H2;1-2H3. The zero-order valence-electron chi connectivity index (χ0n) is 9.54. The molecule has 0 radical (unpaired) electrons. The molecule has 0 aromatic heterocycles. The third-order valence-corrected chi connectivity index (χ3v) is 2.54. The summed E-state index contributed by atoms with van der Waals surface area (Å²) in [7, 11) is 0. The Morgan fingerprint density at radius 2 is 1.87 bits per heavy atom. The van der Waals surface area contributed by atoms with Crippen LogP contribution < -0.4 is 5.32 Å². The second kappa shape index (κ2) is 6.57. The summed E-state index contributed by atoms with van der Waals surface area (Å²) in [6.45, 7) is 4.79. The molecule has 1 aromatic carbocycles. The van der Waals surface area contributed by atoms with Gasteiger partial charge in [0.1, 0.15) is 6.17 Å². The highest BCUT2D eigenvalue weighted by Crippen LogP contribution is 2.24. The largest absolute Gasteiger partial charge is 0.310 e. The second-order valence-corrected chi connectivity index (χ2v) is 3.54. The highest BCUT2D eigenvalue weighted by atomic mass is 19.1. The van der Waals surface area contributed by atoms with Gasteiger partial charge in [0, 0.05) is 6.04 Å². The van der Waals surface area contributed by atoms with Crippen LogP contribution in [0.3, 0.4) is 0 Å². The van der Waals surface area contributed by atoms with Gasteiger partial charge < -0.3 is 5.32 Å². The minimum absolute atomic E-state index is 0.213. The van der Waals surface area contributed by atoms with Crippen LogP contribution in [0.15, 0.2) is 30.3 Å². The summed E-state index contributed by atoms with van der Waals surface area (Å²) < 4.78 is 13.1.